The summed E-state index contributed by atoms with van der Waals surface area (Å²) in [7, 11) is 2.12. The maximum atomic E-state index is 6.27. The van der Waals surface area contributed by atoms with Crippen molar-refractivity contribution in [3.63, 3.8) is 0 Å². The summed E-state index contributed by atoms with van der Waals surface area (Å²) in [6.45, 7) is 2.33. The van der Waals surface area contributed by atoms with Gasteiger partial charge >= 0.3 is 0 Å². The average molecular weight is 253 g/mol. The molecule has 0 amide bonds. The molecule has 17 heavy (non-hydrogen) atoms. The second-order valence-electron chi connectivity index (χ2n) is 5.12. The zero-order valence-corrected chi connectivity index (χ0v) is 11.4. The van der Waals surface area contributed by atoms with E-state index in [4.69, 9.17) is 17.3 Å². The second-order valence-corrected chi connectivity index (χ2v) is 5.52. The first-order chi connectivity index (χ1) is 8.11. The summed E-state index contributed by atoms with van der Waals surface area (Å²) in [5, 5.41) is 0.755. The van der Waals surface area contributed by atoms with Gasteiger partial charge in [0.25, 0.3) is 0 Å². The molecule has 0 bridgehead atoms. The number of hydrogen-bond acceptors (Lipinski definition) is 2. The zero-order chi connectivity index (χ0) is 12.4. The van der Waals surface area contributed by atoms with Crippen LogP contribution in [0.4, 0.5) is 11.4 Å². The minimum atomic E-state index is 0.561. The molecule has 0 aliphatic heterocycles. The van der Waals surface area contributed by atoms with Gasteiger partial charge in [0.05, 0.1) is 16.4 Å². The minimum Gasteiger partial charge on any atom is -0.397 e. The Morgan fingerprint density at radius 1 is 1.29 bits per heavy atom. The SMILES string of the molecule is CC1CCCCC1N(C)c1c(N)cccc1Cl. The Morgan fingerprint density at radius 3 is 2.65 bits per heavy atom. The molecule has 1 aliphatic carbocycles. The maximum Gasteiger partial charge on any atom is 0.0789 e. The van der Waals surface area contributed by atoms with Gasteiger partial charge in [0.1, 0.15) is 0 Å². The summed E-state index contributed by atoms with van der Waals surface area (Å²) >= 11 is 6.27. The molecule has 0 heterocycles. The van der Waals surface area contributed by atoms with Gasteiger partial charge in [-0.15, -0.1) is 0 Å². The lowest BCUT2D eigenvalue weighted by molar-refractivity contribution is 0.322. The quantitative estimate of drug-likeness (QED) is 0.808. The van der Waals surface area contributed by atoms with Crippen LogP contribution in [-0.2, 0) is 0 Å². The smallest absolute Gasteiger partial charge is 0.0789 e. The average Bonchev–Trinajstić information content (AvgIpc) is 2.29. The number of benzene rings is 1. The Hall–Kier alpha value is -0.890. The van der Waals surface area contributed by atoms with Crippen LogP contribution in [0.15, 0.2) is 18.2 Å². The standard InChI is InChI=1S/C14H21ClN2/c1-10-6-3-4-9-13(10)17(2)14-11(15)7-5-8-12(14)16/h5,7-8,10,13H,3-4,6,9,16H2,1-2H3. The predicted molar refractivity (Wildman–Crippen MR) is 75.7 cm³/mol. The highest BCUT2D eigenvalue weighted by Crippen LogP contribution is 2.37. The number of para-hydroxylation sites is 1. The summed E-state index contributed by atoms with van der Waals surface area (Å²) in [6, 6.07) is 6.30. The van der Waals surface area contributed by atoms with Crippen molar-refractivity contribution in [2.24, 2.45) is 5.92 Å². The van der Waals surface area contributed by atoms with Gasteiger partial charge in [0.2, 0.25) is 0 Å². The Morgan fingerprint density at radius 2 is 2.00 bits per heavy atom. The summed E-state index contributed by atoms with van der Waals surface area (Å²) in [5.74, 6) is 0.712. The molecule has 2 unspecified atom stereocenters. The van der Waals surface area contributed by atoms with E-state index in [2.05, 4.69) is 18.9 Å². The minimum absolute atomic E-state index is 0.561. The lowest BCUT2D eigenvalue weighted by Gasteiger charge is -2.38. The first kappa shape index (κ1) is 12.6. The highest BCUT2D eigenvalue weighted by atomic mass is 35.5. The Labute approximate surface area is 109 Å². The van der Waals surface area contributed by atoms with Gasteiger partial charge in [0.15, 0.2) is 0 Å². The molecule has 1 aromatic carbocycles. The third-order valence-electron chi connectivity index (χ3n) is 3.93. The van der Waals surface area contributed by atoms with Crippen molar-refractivity contribution in [3.05, 3.63) is 23.2 Å². The van der Waals surface area contributed by atoms with Crippen molar-refractivity contribution in [2.45, 2.75) is 38.6 Å². The van der Waals surface area contributed by atoms with E-state index < -0.39 is 0 Å². The van der Waals surface area contributed by atoms with E-state index in [1.807, 2.05) is 18.2 Å². The van der Waals surface area contributed by atoms with Gasteiger partial charge in [0, 0.05) is 13.1 Å². The van der Waals surface area contributed by atoms with Gasteiger partial charge in [-0.3, -0.25) is 0 Å². The van der Waals surface area contributed by atoms with Crippen LogP contribution in [0.25, 0.3) is 0 Å². The van der Waals surface area contributed by atoms with Crippen molar-refractivity contribution in [1.82, 2.24) is 0 Å². The van der Waals surface area contributed by atoms with Gasteiger partial charge < -0.3 is 10.6 Å². The highest BCUT2D eigenvalue weighted by Gasteiger charge is 2.26. The molecule has 2 N–H and O–H groups in total. The number of nitrogens with zero attached hydrogens (tertiary/aromatic N) is 1. The van der Waals surface area contributed by atoms with Gasteiger partial charge in [-0.2, -0.15) is 0 Å². The van der Waals surface area contributed by atoms with Crippen LogP contribution >= 0.6 is 11.6 Å². The van der Waals surface area contributed by atoms with E-state index in [-0.39, 0.29) is 0 Å². The molecule has 0 aromatic heterocycles. The Balaban J connectivity index is 2.26. The normalized spacial score (nSPS) is 24.6. The largest absolute Gasteiger partial charge is 0.397 e. The van der Waals surface area contributed by atoms with Crippen LogP contribution in [0.3, 0.4) is 0 Å². The lowest BCUT2D eigenvalue weighted by atomic mass is 9.85. The number of halogens is 1. The van der Waals surface area contributed by atoms with Crippen molar-refractivity contribution in [1.29, 1.82) is 0 Å². The predicted octanol–water partition coefficient (Wildman–Crippen LogP) is 3.94. The maximum absolute atomic E-state index is 6.27. The molecule has 94 valence electrons. The monoisotopic (exact) mass is 252 g/mol. The van der Waals surface area contributed by atoms with Crippen LogP contribution in [0, 0.1) is 5.92 Å². The Bertz CT molecular complexity index is 372. The summed E-state index contributed by atoms with van der Waals surface area (Å²) < 4.78 is 0. The van der Waals surface area contributed by atoms with Crippen molar-refractivity contribution < 1.29 is 0 Å². The van der Waals surface area contributed by atoms with E-state index >= 15 is 0 Å². The molecule has 3 heteroatoms. The van der Waals surface area contributed by atoms with E-state index in [1.54, 1.807) is 0 Å². The number of rotatable bonds is 2. The summed E-state index contributed by atoms with van der Waals surface area (Å²) in [6.07, 6.45) is 5.20. The Kier molecular flexibility index (Phi) is 3.82. The van der Waals surface area contributed by atoms with Crippen molar-refractivity contribution in [3.8, 4) is 0 Å². The third kappa shape index (κ3) is 2.52. The van der Waals surface area contributed by atoms with Crippen LogP contribution < -0.4 is 10.6 Å². The molecule has 2 nitrogen and oxygen atoms in total. The molecule has 1 aromatic rings. The molecule has 1 fully saturated rings. The van der Waals surface area contributed by atoms with Crippen LogP contribution in [0.5, 0.6) is 0 Å². The van der Waals surface area contributed by atoms with Crippen molar-refractivity contribution >= 4 is 23.0 Å². The van der Waals surface area contributed by atoms with E-state index in [0.717, 1.165) is 16.4 Å². The number of anilines is 2. The lowest BCUT2D eigenvalue weighted by Crippen LogP contribution is -2.39. The van der Waals surface area contributed by atoms with Crippen LogP contribution in [0.2, 0.25) is 5.02 Å². The first-order valence-electron chi connectivity index (χ1n) is 6.38. The summed E-state index contributed by atoms with van der Waals surface area (Å²) in [5.41, 5.74) is 7.82. The van der Waals surface area contributed by atoms with Crippen LogP contribution in [0.1, 0.15) is 32.6 Å². The molecule has 1 aliphatic rings. The molecule has 2 atom stereocenters. The fourth-order valence-electron chi connectivity index (χ4n) is 2.94. The third-order valence-corrected chi connectivity index (χ3v) is 4.24. The molecular weight excluding hydrogens is 232 g/mol. The molecule has 0 saturated heterocycles. The van der Waals surface area contributed by atoms with Gasteiger partial charge in [-0.1, -0.05) is 37.4 Å². The second kappa shape index (κ2) is 5.18. The van der Waals surface area contributed by atoms with Crippen molar-refractivity contribution in [2.75, 3.05) is 17.7 Å². The van der Waals surface area contributed by atoms with Gasteiger partial charge in [-0.05, 0) is 30.9 Å². The number of hydrogen-bond donors (Lipinski definition) is 1. The topological polar surface area (TPSA) is 29.3 Å². The molecule has 2 rings (SSSR count). The fourth-order valence-corrected chi connectivity index (χ4v) is 3.26. The van der Waals surface area contributed by atoms with Gasteiger partial charge in [-0.25, -0.2) is 0 Å². The first-order valence-corrected chi connectivity index (χ1v) is 6.76. The highest BCUT2D eigenvalue weighted by molar-refractivity contribution is 6.34. The molecular formula is C14H21ClN2. The van der Waals surface area contributed by atoms with E-state index in [9.17, 15) is 0 Å². The molecule has 0 radical (unpaired) electrons. The van der Waals surface area contributed by atoms with Crippen LogP contribution in [-0.4, -0.2) is 13.1 Å². The van der Waals surface area contributed by atoms with E-state index in [1.165, 1.54) is 25.7 Å². The number of nitrogen functional groups attached to an aromatic ring is 1. The zero-order valence-electron chi connectivity index (χ0n) is 10.6. The molecule has 0 spiro atoms. The molecule has 1 saturated carbocycles. The van der Waals surface area contributed by atoms with E-state index in [0.29, 0.717) is 12.0 Å². The number of nitrogens with two attached hydrogens (primary N) is 1. The summed E-state index contributed by atoms with van der Waals surface area (Å²) in [4.78, 5) is 2.28. The fraction of sp³-hybridized carbons (Fsp3) is 0.571.